The number of benzene rings is 1. The molecule has 0 spiro atoms. The van der Waals surface area contributed by atoms with E-state index in [1.807, 2.05) is 0 Å². The average Bonchev–Trinajstić information content (AvgIpc) is 1.73. The number of rotatable bonds is 17. The highest BCUT2D eigenvalue weighted by molar-refractivity contribution is 8.00. The van der Waals surface area contributed by atoms with Gasteiger partial charge in [-0.05, 0) is 67.9 Å². The van der Waals surface area contributed by atoms with E-state index in [4.69, 9.17) is 5.73 Å². The van der Waals surface area contributed by atoms with Gasteiger partial charge in [0.25, 0.3) is 0 Å². The number of para-hydroxylation sites is 1. The number of thioether (sulfide) groups is 3. The molecule has 23 atom stereocenters. The Labute approximate surface area is 761 Å². The van der Waals surface area contributed by atoms with Crippen molar-refractivity contribution in [1.82, 2.24) is 101 Å². The highest BCUT2D eigenvalue weighted by Crippen LogP contribution is 2.25. The number of H-pyrrole nitrogens is 1. The van der Waals surface area contributed by atoms with Crippen molar-refractivity contribution in [2.45, 2.75) is 254 Å². The number of amides is 18. The van der Waals surface area contributed by atoms with Crippen molar-refractivity contribution in [3.63, 3.8) is 0 Å². The Kier molecular flexibility index (Phi) is 41.9. The normalized spacial score (nSPS) is 30.4. The fourth-order valence-electron chi connectivity index (χ4n) is 13.9. The van der Waals surface area contributed by atoms with E-state index in [0.29, 0.717) is 40.0 Å². The fraction of sp³-hybridized carbons (Fsp3) is 0.654. The van der Waals surface area contributed by atoms with E-state index < -0.39 is 338 Å². The van der Waals surface area contributed by atoms with Gasteiger partial charge in [-0.15, -0.1) is 0 Å². The van der Waals surface area contributed by atoms with Crippen LogP contribution in [0.1, 0.15) is 135 Å². The van der Waals surface area contributed by atoms with E-state index in [2.05, 4.69) is 101 Å². The fourth-order valence-corrected chi connectivity index (χ4v) is 18.5. The van der Waals surface area contributed by atoms with Gasteiger partial charge in [0.05, 0.1) is 36.7 Å². The number of carbonyl (C=O) groups is 20. The lowest BCUT2D eigenvalue weighted by Crippen LogP contribution is -2.63. The van der Waals surface area contributed by atoms with E-state index in [-0.39, 0.29) is 25.7 Å². The molecule has 4 aliphatic heterocycles. The molecule has 5 heterocycles. The number of carboxylic acid groups (broad SMARTS) is 2. The molecule has 2 aromatic rings. The van der Waals surface area contributed by atoms with Gasteiger partial charge in [0.2, 0.25) is 106 Å². The van der Waals surface area contributed by atoms with Crippen LogP contribution in [0.5, 0.6) is 0 Å². The molecular weight excluding hydrogens is 1770 g/mol. The molecule has 44 nitrogen and oxygen atoms in total. The molecule has 6 rings (SSSR count). The number of carbonyl (C=O) groups excluding carboxylic acids is 18. The topological polar surface area (TPSA) is 678 Å². The minimum atomic E-state index is -2.60. The number of aliphatic hydroxyl groups is 1. The van der Waals surface area contributed by atoms with Gasteiger partial charge in [0, 0.05) is 74.3 Å². The smallest absolute Gasteiger partial charge is 0.327 e. The molecule has 4 saturated heterocycles. The van der Waals surface area contributed by atoms with Crippen LogP contribution in [0.3, 0.4) is 0 Å². The van der Waals surface area contributed by atoms with Gasteiger partial charge in [0.15, 0.2) is 0 Å². The van der Waals surface area contributed by atoms with E-state index in [1.165, 1.54) is 48.5 Å². The SMILES string of the molecule is CC[C@H](C)[C@@H]1NC(=O)[C@H]2NC(=O)[C@H](CC(C)C)NC(=O)[C@@H](NC(=O)[C@@H]3CSC[C@H](N)C(=O)N[C@@H](CO)C(=O)NCC(=O)N[C@@H](Cc4c[nH]c5ccccc45)C(=O)N[C@@H](C(C)C)C(=O)N3)[C@H](C)SC[C@H](NC(=O)[C@H](CCC(=O)O)NC1=O)C(=O)NCC(=O)N[C@@H]1C(=O)N[C@@H](C(C)C)C(=O)N[C@H]([C@@H](C)CC)C(=O)N[C@@H](CS[C@H]2C)C(=O)N[C@@H](C)C(=O)N[C@H](C(=O)O)CS(=O)[C@H]1C. The van der Waals surface area contributed by atoms with Gasteiger partial charge in [-0.2, -0.15) is 35.3 Å². The van der Waals surface area contributed by atoms with Crippen LogP contribution in [0, 0.1) is 29.6 Å². The lowest BCUT2D eigenvalue weighted by atomic mass is 9.96. The van der Waals surface area contributed by atoms with E-state index >= 15 is 43.2 Å². The molecule has 48 heteroatoms. The minimum absolute atomic E-state index is 0.0970. The number of nitrogens with two attached hydrogens (primary N) is 1. The maximum Gasteiger partial charge on any atom is 0.327 e. The maximum absolute atomic E-state index is 15.9. The van der Waals surface area contributed by atoms with Crippen LogP contribution in [0.25, 0.3) is 10.9 Å². The molecule has 24 N–H and O–H groups in total. The van der Waals surface area contributed by atoms with Crippen LogP contribution in [-0.4, -0.2) is 310 Å². The number of nitrogens with one attached hydrogen (secondary N) is 19. The number of aliphatic carboxylic acids is 2. The average molecular weight is 1890 g/mol. The van der Waals surface area contributed by atoms with Crippen molar-refractivity contribution in [3.05, 3.63) is 36.0 Å². The Morgan fingerprint density at radius 2 is 1.00 bits per heavy atom. The summed E-state index contributed by atoms with van der Waals surface area (Å²) in [5.74, 6) is -30.7. The summed E-state index contributed by atoms with van der Waals surface area (Å²) in [6.07, 6.45) is -0.198. The van der Waals surface area contributed by atoms with Gasteiger partial charge in [-0.1, -0.05) is 114 Å². The lowest BCUT2D eigenvalue weighted by molar-refractivity contribution is -0.141. The zero-order valence-electron chi connectivity index (χ0n) is 74.3. The van der Waals surface area contributed by atoms with Crippen molar-refractivity contribution >= 4 is 175 Å². The molecule has 1 aromatic carbocycles. The minimum Gasteiger partial charge on any atom is -0.481 e. The molecule has 1 aromatic heterocycles. The number of aromatic amines is 1. The largest absolute Gasteiger partial charge is 0.481 e. The van der Waals surface area contributed by atoms with Crippen molar-refractivity contribution in [2.75, 3.05) is 48.5 Å². The van der Waals surface area contributed by atoms with Gasteiger partial charge >= 0.3 is 11.9 Å². The Hall–Kier alpha value is -10.7. The second-order valence-corrected chi connectivity index (χ2v) is 39.3. The number of carboxylic acids is 2. The third-order valence-electron chi connectivity index (χ3n) is 22.3. The Morgan fingerprint density at radius 3 is 1.60 bits per heavy atom. The molecule has 129 heavy (non-hydrogen) atoms. The highest BCUT2D eigenvalue weighted by atomic mass is 32.2. The van der Waals surface area contributed by atoms with Crippen LogP contribution in [-0.2, 0) is 113 Å². The molecule has 0 aliphatic carbocycles. The van der Waals surface area contributed by atoms with E-state index in [1.54, 1.807) is 65.1 Å². The molecular formula is C81H124N20O24S4. The predicted octanol–water partition coefficient (Wildman–Crippen LogP) is -6.39. The summed E-state index contributed by atoms with van der Waals surface area (Å²) < 4.78 is 14.6. The Balaban J connectivity index is 1.62. The summed E-state index contributed by atoms with van der Waals surface area (Å²) in [5, 5.41) is 72.5. The number of aromatic nitrogens is 1. The molecule has 0 saturated carbocycles. The Bertz CT molecular complexity index is 4470. The molecule has 0 radical (unpaired) electrons. The zero-order valence-corrected chi connectivity index (χ0v) is 77.6. The van der Waals surface area contributed by atoms with Gasteiger partial charge in [-0.25, -0.2) is 4.79 Å². The van der Waals surface area contributed by atoms with Crippen LogP contribution < -0.4 is 101 Å². The van der Waals surface area contributed by atoms with Gasteiger partial charge in [-0.3, -0.25) is 95.3 Å². The number of aliphatic hydroxyl groups excluding tert-OH is 1. The first kappa shape index (κ1) is 107. The number of fused-ring (bicyclic) bond motifs is 19. The van der Waals surface area contributed by atoms with Crippen molar-refractivity contribution < 1.29 is 115 Å². The highest BCUT2D eigenvalue weighted by Gasteiger charge is 2.45. The standard InChI is InChI=1S/C81H124N20O24S4/c1-15-37(9)60-76(118)88-47(21-22-57(105)106)69(111)91-52-31-127-40(12)62(101-73(115)51-30-126-29-45(82)66(108)90-50(28-102)67(109)84-26-55(103)87-49(71(113)96-58(35(5)6)74(116)92-51)24-43-25-83-46-20-18-17-19-44(43)46)78(120)89-48(23-34(3)4)70(112)100-63(79(121)99-60)41(13)128-32-53-72(114)86-39(11)65(107)94-54(81(123)124)33-129(125)42(14)64(95-56(104)27-85-68(52)110)80(122)97-59(36(7)8)75(117)98-61(38(10)16-2)77(119)93-53/h17-20,25,34-42,45,47-54,58-64,83,102H,15-16,21-24,26-33,82H2,1-14H3,(H,84,109)(H,85,110)(H,86,114)(H,87,103)(H,88,118)(H,89,120)(H,90,108)(H,91,111)(H,92,116)(H,93,119)(H,94,107)(H,95,104)(H,96,113)(H,97,122)(H,98,117)(H,99,121)(H,100,112)(H,101,115)(H,105,106)(H,123,124)/t37-,38-,39-,40-,41-,42-,45-,47-,48-,49-,50-,51-,52-,53-,54-,58-,59-,60-,61+,62-,63-,64-,129?/m0/s1. The van der Waals surface area contributed by atoms with Crippen LogP contribution in [0.4, 0.5) is 0 Å². The maximum atomic E-state index is 15.9. The van der Waals surface area contributed by atoms with E-state index in [0.717, 1.165) is 25.6 Å². The summed E-state index contributed by atoms with van der Waals surface area (Å²) in [6, 6.07) is -23.2. The summed E-state index contributed by atoms with van der Waals surface area (Å²) in [6.45, 7) is 17.8. The zero-order chi connectivity index (χ0) is 96.3. The van der Waals surface area contributed by atoms with Crippen LogP contribution >= 0.6 is 35.3 Å². The Morgan fingerprint density at radius 1 is 0.496 bits per heavy atom. The predicted molar refractivity (Wildman–Crippen MR) is 476 cm³/mol. The number of hydrogen-bond acceptors (Lipinski definition) is 26. The van der Waals surface area contributed by atoms with Gasteiger partial charge < -0.3 is 122 Å². The number of hydrogen-bond donors (Lipinski definition) is 23. The first-order valence-corrected chi connectivity index (χ1v) is 47.3. The molecule has 1 unspecified atom stereocenters. The molecule has 18 amide bonds. The second-order valence-electron chi connectivity index (χ2n) is 33.6. The molecule has 716 valence electrons. The third-order valence-corrected chi connectivity index (χ3v) is 27.8. The van der Waals surface area contributed by atoms with E-state index in [9.17, 15) is 72.3 Å². The monoisotopic (exact) mass is 1890 g/mol. The van der Waals surface area contributed by atoms with Crippen LogP contribution in [0.2, 0.25) is 0 Å². The first-order chi connectivity index (χ1) is 60.7. The second kappa shape index (κ2) is 50.5. The summed E-state index contributed by atoms with van der Waals surface area (Å²) in [4.78, 5) is 296. The quantitative estimate of drug-likeness (QED) is 0.0655. The van der Waals surface area contributed by atoms with Gasteiger partial charge in [0.1, 0.15) is 96.7 Å². The lowest BCUT2D eigenvalue weighted by Gasteiger charge is -2.32. The van der Waals surface area contributed by atoms with Crippen molar-refractivity contribution in [2.24, 2.45) is 35.3 Å². The summed E-state index contributed by atoms with van der Waals surface area (Å²) in [5.41, 5.74) is 7.53. The molecule has 4 aliphatic rings. The van der Waals surface area contributed by atoms with Crippen molar-refractivity contribution in [1.29, 1.82) is 0 Å². The first-order valence-electron chi connectivity index (χ1n) is 42.6. The van der Waals surface area contributed by atoms with Crippen molar-refractivity contribution in [3.8, 4) is 0 Å². The molecule has 4 fully saturated rings. The summed E-state index contributed by atoms with van der Waals surface area (Å²) >= 11 is 2.12. The molecule has 4 bridgehead atoms. The third kappa shape index (κ3) is 31.5. The summed E-state index contributed by atoms with van der Waals surface area (Å²) in [7, 11) is -2.60. The van der Waals surface area contributed by atoms with Crippen LogP contribution in [0.15, 0.2) is 30.5 Å².